The summed E-state index contributed by atoms with van der Waals surface area (Å²) in [5.41, 5.74) is 5.68. The molecular formula is C30H23F3N2. The lowest BCUT2D eigenvalue weighted by Gasteiger charge is -2.11. The molecule has 35 heavy (non-hydrogen) atoms. The lowest BCUT2D eigenvalue weighted by Crippen LogP contribution is -2.08. The van der Waals surface area contributed by atoms with E-state index in [4.69, 9.17) is 4.98 Å². The third-order valence-corrected chi connectivity index (χ3v) is 6.15. The van der Waals surface area contributed by atoms with Crippen molar-refractivity contribution in [3.8, 4) is 22.3 Å². The number of halogens is 3. The van der Waals surface area contributed by atoms with Crippen LogP contribution in [0.5, 0.6) is 0 Å². The molecule has 0 N–H and O–H groups in total. The minimum Gasteiger partial charge on any atom is -0.327 e. The molecule has 0 aliphatic rings. The highest BCUT2D eigenvalue weighted by Crippen LogP contribution is 2.36. The molecular weight excluding hydrogens is 445 g/mol. The van der Waals surface area contributed by atoms with Crippen molar-refractivity contribution in [2.24, 2.45) is 7.05 Å². The number of allylic oxidation sites excluding steroid dienone is 1. The first-order valence-electron chi connectivity index (χ1n) is 11.4. The minimum absolute atomic E-state index is 0.163. The number of nitrogens with zero attached hydrogens (tertiary/aromatic N) is 2. The summed E-state index contributed by atoms with van der Waals surface area (Å²) in [5, 5.41) is 0. The Morgan fingerprint density at radius 1 is 0.743 bits per heavy atom. The van der Waals surface area contributed by atoms with Crippen molar-refractivity contribution in [3.63, 3.8) is 0 Å². The average molecular weight is 469 g/mol. The monoisotopic (exact) mass is 468 g/mol. The van der Waals surface area contributed by atoms with Crippen LogP contribution in [0.25, 0.3) is 39.4 Å². The first-order valence-corrected chi connectivity index (χ1v) is 11.4. The topological polar surface area (TPSA) is 17.8 Å². The first-order chi connectivity index (χ1) is 16.9. The second kappa shape index (κ2) is 9.26. The van der Waals surface area contributed by atoms with Gasteiger partial charge < -0.3 is 4.57 Å². The molecule has 5 aromatic rings. The molecule has 0 aliphatic heterocycles. The molecule has 0 saturated carbocycles. The van der Waals surface area contributed by atoms with E-state index in [1.807, 2.05) is 48.0 Å². The van der Waals surface area contributed by atoms with Gasteiger partial charge >= 0.3 is 6.18 Å². The van der Waals surface area contributed by atoms with Crippen LogP contribution in [0.1, 0.15) is 17.0 Å². The van der Waals surface area contributed by atoms with E-state index in [0.29, 0.717) is 5.82 Å². The van der Waals surface area contributed by atoms with Gasteiger partial charge in [-0.15, -0.1) is 0 Å². The first kappa shape index (κ1) is 22.7. The van der Waals surface area contributed by atoms with Crippen molar-refractivity contribution in [2.45, 2.75) is 12.6 Å². The fourth-order valence-corrected chi connectivity index (χ4v) is 4.45. The van der Waals surface area contributed by atoms with Crippen molar-refractivity contribution in [1.82, 2.24) is 9.55 Å². The third-order valence-electron chi connectivity index (χ3n) is 6.15. The molecule has 0 aliphatic carbocycles. The van der Waals surface area contributed by atoms with Gasteiger partial charge in [-0.2, -0.15) is 13.2 Å². The molecule has 0 atom stereocenters. The number of fused-ring (bicyclic) bond motifs is 1. The number of rotatable bonds is 5. The number of benzene rings is 4. The van der Waals surface area contributed by atoms with Crippen LogP contribution in [0.15, 0.2) is 103 Å². The summed E-state index contributed by atoms with van der Waals surface area (Å²) in [6.45, 7) is 0. The van der Waals surface area contributed by atoms with E-state index >= 15 is 0 Å². The number of hydrogen-bond donors (Lipinski definition) is 0. The molecule has 5 heteroatoms. The van der Waals surface area contributed by atoms with Crippen LogP contribution in [-0.4, -0.2) is 9.55 Å². The van der Waals surface area contributed by atoms with E-state index in [1.54, 1.807) is 18.2 Å². The van der Waals surface area contributed by atoms with Crippen molar-refractivity contribution in [3.05, 3.63) is 120 Å². The highest BCUT2D eigenvalue weighted by atomic mass is 19.4. The molecule has 1 aromatic heterocycles. The second-order valence-corrected chi connectivity index (χ2v) is 8.38. The van der Waals surface area contributed by atoms with Crippen LogP contribution >= 0.6 is 0 Å². The Kier molecular flexibility index (Phi) is 6.00. The maximum absolute atomic E-state index is 13.4. The summed E-state index contributed by atoms with van der Waals surface area (Å²) in [4.78, 5) is 4.93. The van der Waals surface area contributed by atoms with Gasteiger partial charge in [-0.25, -0.2) is 4.98 Å². The van der Waals surface area contributed by atoms with Gasteiger partial charge in [0.25, 0.3) is 0 Å². The van der Waals surface area contributed by atoms with E-state index < -0.39 is 11.7 Å². The maximum Gasteiger partial charge on any atom is 0.416 e. The molecule has 5 rings (SSSR count). The third kappa shape index (κ3) is 4.50. The fraction of sp³-hybridized carbons (Fsp3) is 0.100. The van der Waals surface area contributed by atoms with Crippen LogP contribution in [0.3, 0.4) is 0 Å². The average Bonchev–Trinajstić information content (AvgIpc) is 3.20. The highest BCUT2D eigenvalue weighted by Gasteiger charge is 2.32. The van der Waals surface area contributed by atoms with Gasteiger partial charge in [-0.3, -0.25) is 0 Å². The second-order valence-electron chi connectivity index (χ2n) is 8.38. The Bertz CT molecular complexity index is 1500. The lowest BCUT2D eigenvalue weighted by atomic mass is 9.98. The van der Waals surface area contributed by atoms with Gasteiger partial charge in [0.2, 0.25) is 0 Å². The molecule has 4 aromatic carbocycles. The lowest BCUT2D eigenvalue weighted by molar-refractivity contribution is -0.138. The van der Waals surface area contributed by atoms with Crippen molar-refractivity contribution < 1.29 is 13.2 Å². The number of imidazole rings is 1. The van der Waals surface area contributed by atoms with Gasteiger partial charge in [-0.05, 0) is 35.3 Å². The van der Waals surface area contributed by atoms with Crippen molar-refractivity contribution in [2.75, 3.05) is 0 Å². The Hall–Kier alpha value is -4.12. The summed E-state index contributed by atoms with van der Waals surface area (Å²) >= 11 is 0. The molecule has 0 bridgehead atoms. The van der Waals surface area contributed by atoms with Crippen molar-refractivity contribution >= 4 is 17.1 Å². The Balaban J connectivity index is 1.61. The van der Waals surface area contributed by atoms with Crippen LogP contribution in [0.2, 0.25) is 0 Å². The molecule has 0 unspecified atom stereocenters. The smallest absolute Gasteiger partial charge is 0.327 e. The standard InChI is InChI=1S/C30H23F3N2/c1-35-27(18-10-16-23-15-8-9-17-26(23)30(31,32)33)34-28-24(21-11-4-2-5-12-21)19-20-25(29(28)35)22-13-6-3-7-14-22/h2-15,17-20H,16H2,1H3/b18-10+. The summed E-state index contributed by atoms with van der Waals surface area (Å²) < 4.78 is 42.1. The SMILES string of the molecule is Cn1c(/C=C/Cc2ccccc2C(F)(F)F)nc2c(-c3ccccc3)ccc(-c3ccccc3)c21. The van der Waals surface area contributed by atoms with Crippen LogP contribution in [-0.2, 0) is 19.6 Å². The minimum atomic E-state index is -4.38. The predicted octanol–water partition coefficient (Wildman–Crippen LogP) is 8.18. The van der Waals surface area contributed by atoms with Gasteiger partial charge in [-0.1, -0.05) is 97.1 Å². The van der Waals surface area contributed by atoms with Gasteiger partial charge in [0.15, 0.2) is 0 Å². The highest BCUT2D eigenvalue weighted by molar-refractivity contribution is 6.01. The number of aromatic nitrogens is 2. The van der Waals surface area contributed by atoms with Crippen LogP contribution in [0, 0.1) is 0 Å². The Labute approximate surface area is 202 Å². The molecule has 0 amide bonds. The Morgan fingerprint density at radius 2 is 1.31 bits per heavy atom. The van der Waals surface area contributed by atoms with E-state index in [0.717, 1.165) is 39.4 Å². The molecule has 0 radical (unpaired) electrons. The van der Waals surface area contributed by atoms with Gasteiger partial charge in [0, 0.05) is 18.2 Å². The van der Waals surface area contributed by atoms with Crippen molar-refractivity contribution in [1.29, 1.82) is 0 Å². The number of aryl methyl sites for hydroxylation is 1. The molecule has 0 saturated heterocycles. The zero-order valence-corrected chi connectivity index (χ0v) is 19.1. The van der Waals surface area contributed by atoms with E-state index in [1.165, 1.54) is 12.1 Å². The zero-order valence-electron chi connectivity index (χ0n) is 19.1. The van der Waals surface area contributed by atoms with E-state index in [-0.39, 0.29) is 12.0 Å². The quantitative estimate of drug-likeness (QED) is 0.254. The van der Waals surface area contributed by atoms with Gasteiger partial charge in [0.1, 0.15) is 5.82 Å². The van der Waals surface area contributed by atoms with E-state index in [9.17, 15) is 13.2 Å². The Morgan fingerprint density at radius 3 is 1.97 bits per heavy atom. The zero-order chi connectivity index (χ0) is 24.4. The number of alkyl halides is 3. The summed E-state index contributed by atoms with van der Waals surface area (Å²) in [6, 6.07) is 30.1. The van der Waals surface area contributed by atoms with E-state index in [2.05, 4.69) is 36.4 Å². The fourth-order valence-electron chi connectivity index (χ4n) is 4.45. The molecule has 2 nitrogen and oxygen atoms in total. The normalized spacial score (nSPS) is 12.0. The largest absolute Gasteiger partial charge is 0.416 e. The summed E-state index contributed by atoms with van der Waals surface area (Å²) in [7, 11) is 1.94. The van der Waals surface area contributed by atoms with Crippen LogP contribution < -0.4 is 0 Å². The van der Waals surface area contributed by atoms with Crippen LogP contribution in [0.4, 0.5) is 13.2 Å². The maximum atomic E-state index is 13.4. The van der Waals surface area contributed by atoms with Gasteiger partial charge in [0.05, 0.1) is 16.6 Å². The number of hydrogen-bond acceptors (Lipinski definition) is 1. The summed E-state index contributed by atoms with van der Waals surface area (Å²) in [6.07, 6.45) is -0.666. The molecule has 0 spiro atoms. The summed E-state index contributed by atoms with van der Waals surface area (Å²) in [5.74, 6) is 0.685. The molecule has 0 fully saturated rings. The molecule has 1 heterocycles. The molecule has 174 valence electrons. The predicted molar refractivity (Wildman–Crippen MR) is 136 cm³/mol.